The van der Waals surface area contributed by atoms with E-state index >= 15 is 4.39 Å². The Bertz CT molecular complexity index is 2150. The second kappa shape index (κ2) is 16.1. The minimum Gasteiger partial charge on any atom is -0.381 e. The number of likely N-dealkylation sites (tertiary alicyclic amines) is 1. The van der Waals surface area contributed by atoms with Crippen molar-refractivity contribution >= 4 is 46.0 Å². The summed E-state index contributed by atoms with van der Waals surface area (Å²) in [5.41, 5.74) is 5.83. The number of hydrogen-bond acceptors (Lipinski definition) is 9. The van der Waals surface area contributed by atoms with E-state index in [1.807, 2.05) is 12.3 Å². The van der Waals surface area contributed by atoms with E-state index in [-0.39, 0.29) is 30.2 Å². The molecule has 0 bridgehead atoms. The maximum atomic E-state index is 15.2. The maximum absolute atomic E-state index is 15.2. The molecule has 0 aliphatic carbocycles. The van der Waals surface area contributed by atoms with Gasteiger partial charge in [-0.2, -0.15) is 0 Å². The molecule has 0 radical (unpaired) electrons. The lowest BCUT2D eigenvalue weighted by atomic mass is 9.94. The number of aryl methyl sites for hydroxylation is 1. The zero-order valence-electron chi connectivity index (χ0n) is 32.0. The molecule has 7 heterocycles. The Balaban J connectivity index is 0.888. The number of ether oxygens (including phenoxy) is 1. The maximum Gasteiger partial charge on any atom is 0.254 e. The molecule has 3 N–H and O–H groups in total. The number of fused-ring (bicyclic) bond motifs is 1. The summed E-state index contributed by atoms with van der Waals surface area (Å²) in [4.78, 5) is 62.6. The fourth-order valence-electron chi connectivity index (χ4n) is 8.78. The van der Waals surface area contributed by atoms with Crippen LogP contribution in [0.5, 0.6) is 0 Å². The molecule has 2 atom stereocenters. The van der Waals surface area contributed by atoms with Gasteiger partial charge in [0.2, 0.25) is 17.7 Å². The minimum absolute atomic E-state index is 0.123. The predicted octanol–water partition coefficient (Wildman–Crippen LogP) is 5.10. The van der Waals surface area contributed by atoms with Gasteiger partial charge in [0, 0.05) is 93.2 Å². The van der Waals surface area contributed by atoms with Crippen molar-refractivity contribution in [3.05, 3.63) is 71.4 Å². The predicted molar refractivity (Wildman–Crippen MR) is 210 cm³/mol. The van der Waals surface area contributed by atoms with Gasteiger partial charge in [-0.3, -0.25) is 29.5 Å². The topological polar surface area (TPSA) is 151 Å². The van der Waals surface area contributed by atoms with Gasteiger partial charge >= 0.3 is 0 Å². The molecule has 0 spiro atoms. The van der Waals surface area contributed by atoms with Gasteiger partial charge in [-0.1, -0.05) is 0 Å². The number of nitrogens with zero attached hydrogens (tertiary/aromatic N) is 5. The van der Waals surface area contributed by atoms with Crippen molar-refractivity contribution in [1.82, 2.24) is 30.1 Å². The van der Waals surface area contributed by atoms with E-state index in [4.69, 9.17) is 9.72 Å². The van der Waals surface area contributed by atoms with Crippen LogP contribution in [0.4, 0.5) is 15.9 Å². The summed E-state index contributed by atoms with van der Waals surface area (Å²) in [6.45, 7) is 9.65. The number of halogens is 1. The van der Waals surface area contributed by atoms with Crippen molar-refractivity contribution in [3.63, 3.8) is 0 Å². The first kappa shape index (κ1) is 37.7. The number of pyridine rings is 2. The number of carbonyl (C=O) groups excluding carboxylic acids is 4. The van der Waals surface area contributed by atoms with Gasteiger partial charge in [0.15, 0.2) is 0 Å². The highest BCUT2D eigenvalue weighted by Gasteiger charge is 2.31. The summed E-state index contributed by atoms with van der Waals surface area (Å²) >= 11 is 0. The SMILES string of the molecule is CC(=O)Nc1cc2c(-c3cc(C)cc(C4CCOC4)n3)cn(C3CCN(CC4CCN(c5ccc(C(=O)NC6CCC(=O)NC6=O)c(F)c5)CC4)CC3)c2cn1. The van der Waals surface area contributed by atoms with Crippen LogP contribution in [0.1, 0.15) is 85.4 Å². The summed E-state index contributed by atoms with van der Waals surface area (Å²) in [7, 11) is 0. The van der Waals surface area contributed by atoms with E-state index in [2.05, 4.69) is 60.6 Å². The van der Waals surface area contributed by atoms with E-state index in [1.54, 1.807) is 6.07 Å². The quantitative estimate of drug-likeness (QED) is 0.198. The Morgan fingerprint density at radius 3 is 2.52 bits per heavy atom. The van der Waals surface area contributed by atoms with Gasteiger partial charge in [0.1, 0.15) is 17.7 Å². The van der Waals surface area contributed by atoms with Crippen LogP contribution in [0, 0.1) is 18.7 Å². The Morgan fingerprint density at radius 1 is 1.00 bits per heavy atom. The Kier molecular flexibility index (Phi) is 10.8. The number of carbonyl (C=O) groups is 4. The zero-order valence-corrected chi connectivity index (χ0v) is 32.0. The second-order valence-corrected chi connectivity index (χ2v) is 15.8. The third-order valence-electron chi connectivity index (χ3n) is 11.8. The molecule has 1 aromatic carbocycles. The number of imide groups is 1. The summed E-state index contributed by atoms with van der Waals surface area (Å²) < 4.78 is 23.2. The average molecular weight is 765 g/mol. The van der Waals surface area contributed by atoms with Gasteiger partial charge < -0.3 is 29.7 Å². The van der Waals surface area contributed by atoms with Crippen LogP contribution in [0.3, 0.4) is 0 Å². The lowest BCUT2D eigenvalue weighted by Gasteiger charge is -2.38. The van der Waals surface area contributed by atoms with E-state index in [0.29, 0.717) is 30.3 Å². The molecule has 3 aromatic heterocycles. The molecule has 4 aliphatic heterocycles. The van der Waals surface area contributed by atoms with Gasteiger partial charge in [-0.05, 0) is 93.3 Å². The van der Waals surface area contributed by atoms with Gasteiger partial charge in [-0.15, -0.1) is 0 Å². The Hall–Kier alpha value is -5.21. The second-order valence-electron chi connectivity index (χ2n) is 15.8. The van der Waals surface area contributed by atoms with Crippen molar-refractivity contribution in [2.75, 3.05) is 56.2 Å². The molecule has 2 unspecified atom stereocenters. The average Bonchev–Trinajstić information content (AvgIpc) is 3.85. The number of aromatic nitrogens is 3. The molecule has 14 heteroatoms. The standard InChI is InChI=1S/C42H49FN8O5/c1-25-17-36(28-11-16-56-24-28)46-37(18-25)33-23-51(38-21-44-39(20-32(33)38)45-26(2)52)29-9-12-49(13-10-29)22-27-7-14-50(15-8-27)30-3-4-31(34(43)19-30)41(54)47-35-5-6-40(53)48-42(35)55/h3-4,17-21,23,27-29,35H,5-16,22,24H2,1-2H3,(H,47,54)(H,44,45,52)(H,48,53,55). The number of hydrogen-bond donors (Lipinski definition) is 3. The number of anilines is 2. The van der Waals surface area contributed by atoms with Crippen molar-refractivity contribution in [2.45, 2.75) is 76.8 Å². The third-order valence-corrected chi connectivity index (χ3v) is 11.8. The van der Waals surface area contributed by atoms with Gasteiger partial charge in [0.05, 0.1) is 29.6 Å². The van der Waals surface area contributed by atoms with Gasteiger partial charge in [0.25, 0.3) is 5.91 Å². The van der Waals surface area contributed by atoms with E-state index in [1.165, 1.54) is 19.1 Å². The normalized spacial score (nSPS) is 21.4. The molecule has 56 heavy (non-hydrogen) atoms. The molecule has 0 saturated carbocycles. The van der Waals surface area contributed by atoms with Crippen molar-refractivity contribution in [2.24, 2.45) is 5.92 Å². The molecule has 4 aromatic rings. The summed E-state index contributed by atoms with van der Waals surface area (Å²) in [5.74, 6) is -1.06. The summed E-state index contributed by atoms with van der Waals surface area (Å²) in [6.07, 6.45) is 9.39. The van der Waals surface area contributed by atoms with Crippen molar-refractivity contribution in [1.29, 1.82) is 0 Å². The molecule has 8 rings (SSSR count). The number of rotatable bonds is 9. The van der Waals surface area contributed by atoms with Crippen LogP contribution in [0.25, 0.3) is 22.2 Å². The first-order valence-electron chi connectivity index (χ1n) is 19.8. The molecule has 4 amide bonds. The van der Waals surface area contributed by atoms with Crippen LogP contribution < -0.4 is 20.9 Å². The molecule has 294 valence electrons. The van der Waals surface area contributed by atoms with Crippen LogP contribution in [0.2, 0.25) is 0 Å². The minimum atomic E-state index is -0.860. The molecule has 4 fully saturated rings. The van der Waals surface area contributed by atoms with Gasteiger partial charge in [-0.25, -0.2) is 9.37 Å². The summed E-state index contributed by atoms with van der Waals surface area (Å²) in [5, 5.41) is 8.64. The molecule has 4 aliphatic rings. The molecular formula is C42H49FN8O5. The Labute approximate surface area is 325 Å². The lowest BCUT2D eigenvalue weighted by molar-refractivity contribution is -0.134. The number of piperidine rings is 3. The van der Waals surface area contributed by atoms with Crippen LogP contribution in [-0.2, 0) is 19.1 Å². The van der Waals surface area contributed by atoms with Crippen LogP contribution in [-0.4, -0.2) is 95.0 Å². The number of benzene rings is 1. The van der Waals surface area contributed by atoms with E-state index in [0.717, 1.165) is 111 Å². The first-order chi connectivity index (χ1) is 27.1. The first-order valence-corrected chi connectivity index (χ1v) is 19.8. The van der Waals surface area contributed by atoms with Crippen molar-refractivity contribution < 1.29 is 28.3 Å². The molecule has 4 saturated heterocycles. The monoisotopic (exact) mass is 764 g/mol. The fraction of sp³-hybridized carbons (Fsp3) is 0.476. The fourth-order valence-corrected chi connectivity index (χ4v) is 8.78. The third kappa shape index (κ3) is 8.17. The number of nitrogens with one attached hydrogen (secondary N) is 3. The van der Waals surface area contributed by atoms with E-state index < -0.39 is 23.7 Å². The van der Waals surface area contributed by atoms with Crippen molar-refractivity contribution in [3.8, 4) is 11.3 Å². The zero-order chi connectivity index (χ0) is 38.9. The highest BCUT2D eigenvalue weighted by molar-refractivity contribution is 6.04. The van der Waals surface area contributed by atoms with Crippen LogP contribution in [0.15, 0.2) is 48.8 Å². The number of amides is 4. The van der Waals surface area contributed by atoms with Crippen LogP contribution >= 0.6 is 0 Å². The largest absolute Gasteiger partial charge is 0.381 e. The smallest absolute Gasteiger partial charge is 0.254 e. The molecular weight excluding hydrogens is 716 g/mol. The lowest BCUT2D eigenvalue weighted by Crippen LogP contribution is -2.52. The molecule has 13 nitrogen and oxygen atoms in total. The van der Waals surface area contributed by atoms with E-state index in [9.17, 15) is 19.2 Å². The highest BCUT2D eigenvalue weighted by atomic mass is 19.1. The summed E-state index contributed by atoms with van der Waals surface area (Å²) in [6, 6.07) is 10.3. The Morgan fingerprint density at radius 2 is 1.80 bits per heavy atom. The highest BCUT2D eigenvalue weighted by Crippen LogP contribution is 2.37.